The van der Waals surface area contributed by atoms with Crippen LogP contribution in [-0.2, 0) is 19.1 Å². The number of hydrogen-bond acceptors (Lipinski definition) is 4. The molecule has 0 aromatic rings. The number of carbonyl (C=O) groups is 2. The Kier molecular flexibility index (Phi) is 6.20. The van der Waals surface area contributed by atoms with E-state index in [2.05, 4.69) is 6.92 Å². The van der Waals surface area contributed by atoms with Gasteiger partial charge in [0.1, 0.15) is 6.10 Å². The summed E-state index contributed by atoms with van der Waals surface area (Å²) in [6, 6.07) is 0. The molecule has 1 N–H and O–H groups in total. The molecule has 2 rings (SSSR count). The number of carboxylic acids is 1. The normalized spacial score (nSPS) is 30.8. The number of amides is 1. The smallest absolute Gasteiger partial charge is 0.334 e. The van der Waals surface area contributed by atoms with Crippen LogP contribution in [0.5, 0.6) is 0 Å². The topological polar surface area (TPSA) is 76.1 Å². The molecular weight excluding hydrogens is 286 g/mol. The van der Waals surface area contributed by atoms with Crippen molar-refractivity contribution in [3.05, 3.63) is 0 Å². The third-order valence-corrected chi connectivity index (χ3v) is 4.54. The van der Waals surface area contributed by atoms with Crippen molar-refractivity contribution in [2.75, 3.05) is 19.7 Å². The number of aliphatic carboxylic acids is 1. The second kappa shape index (κ2) is 7.92. The first-order chi connectivity index (χ1) is 10.5. The minimum atomic E-state index is -1.02. The fourth-order valence-corrected chi connectivity index (χ4v) is 3.27. The van der Waals surface area contributed by atoms with Gasteiger partial charge >= 0.3 is 5.97 Å². The molecule has 1 aliphatic carbocycles. The van der Waals surface area contributed by atoms with Gasteiger partial charge in [-0.15, -0.1) is 0 Å². The van der Waals surface area contributed by atoms with Crippen molar-refractivity contribution in [1.82, 2.24) is 4.90 Å². The quantitative estimate of drug-likeness (QED) is 0.835. The average molecular weight is 313 g/mol. The van der Waals surface area contributed by atoms with Gasteiger partial charge in [-0.25, -0.2) is 4.79 Å². The summed E-state index contributed by atoms with van der Waals surface area (Å²) in [6.45, 7) is 4.96. The van der Waals surface area contributed by atoms with E-state index in [-0.39, 0.29) is 25.2 Å². The summed E-state index contributed by atoms with van der Waals surface area (Å²) in [6.07, 6.45) is 3.75. The standard InChI is InChI=1S/C16H27NO5/c1-3-13(22-12-6-4-5-11(2)9-12)15(18)17-7-8-21-14(10-17)16(19)20/h11-14H,3-10H2,1-2H3,(H,19,20). The Balaban J connectivity index is 1.91. The number of carboxylic acid groups (broad SMARTS) is 1. The van der Waals surface area contributed by atoms with E-state index in [1.165, 1.54) is 6.42 Å². The first-order valence-corrected chi connectivity index (χ1v) is 8.29. The molecule has 1 heterocycles. The maximum atomic E-state index is 12.6. The molecule has 6 heteroatoms. The molecule has 1 saturated heterocycles. The van der Waals surface area contributed by atoms with Gasteiger partial charge in [-0.3, -0.25) is 4.79 Å². The van der Waals surface area contributed by atoms with Gasteiger partial charge in [0.2, 0.25) is 0 Å². The first-order valence-electron chi connectivity index (χ1n) is 8.29. The number of morpholine rings is 1. The molecule has 0 aromatic carbocycles. The van der Waals surface area contributed by atoms with Crippen molar-refractivity contribution < 1.29 is 24.2 Å². The third kappa shape index (κ3) is 4.43. The Morgan fingerprint density at radius 3 is 2.82 bits per heavy atom. The summed E-state index contributed by atoms with van der Waals surface area (Å²) in [4.78, 5) is 25.2. The maximum absolute atomic E-state index is 12.6. The molecule has 0 spiro atoms. The van der Waals surface area contributed by atoms with Gasteiger partial charge in [-0.05, 0) is 25.2 Å². The van der Waals surface area contributed by atoms with E-state index in [1.807, 2.05) is 6.92 Å². The van der Waals surface area contributed by atoms with Crippen LogP contribution in [0.3, 0.4) is 0 Å². The molecule has 0 bridgehead atoms. The molecule has 4 unspecified atom stereocenters. The monoisotopic (exact) mass is 313 g/mol. The van der Waals surface area contributed by atoms with Crippen molar-refractivity contribution in [3.8, 4) is 0 Å². The zero-order chi connectivity index (χ0) is 16.1. The number of rotatable bonds is 5. The van der Waals surface area contributed by atoms with E-state index in [4.69, 9.17) is 14.6 Å². The van der Waals surface area contributed by atoms with Crippen LogP contribution >= 0.6 is 0 Å². The molecule has 0 radical (unpaired) electrons. The highest BCUT2D eigenvalue weighted by Crippen LogP contribution is 2.27. The maximum Gasteiger partial charge on any atom is 0.334 e. The minimum Gasteiger partial charge on any atom is -0.479 e. The Bertz CT molecular complexity index is 400. The van der Waals surface area contributed by atoms with Crippen LogP contribution in [0.1, 0.15) is 46.0 Å². The van der Waals surface area contributed by atoms with Crippen LogP contribution in [0.2, 0.25) is 0 Å². The highest BCUT2D eigenvalue weighted by atomic mass is 16.5. The Hall–Kier alpha value is -1.14. The summed E-state index contributed by atoms with van der Waals surface area (Å²) in [5.74, 6) is -0.478. The minimum absolute atomic E-state index is 0.102. The molecule has 6 nitrogen and oxygen atoms in total. The molecule has 2 aliphatic rings. The predicted octanol–water partition coefficient (Wildman–Crippen LogP) is 1.67. The van der Waals surface area contributed by atoms with E-state index in [9.17, 15) is 9.59 Å². The second-order valence-corrected chi connectivity index (χ2v) is 6.41. The van der Waals surface area contributed by atoms with Gasteiger partial charge in [0.15, 0.2) is 6.10 Å². The van der Waals surface area contributed by atoms with Gasteiger partial charge in [0, 0.05) is 6.54 Å². The summed E-state index contributed by atoms with van der Waals surface area (Å²) in [5, 5.41) is 9.03. The molecule has 4 atom stereocenters. The Labute approximate surface area is 131 Å². The number of nitrogens with zero attached hydrogens (tertiary/aromatic N) is 1. The lowest BCUT2D eigenvalue weighted by atomic mass is 9.88. The van der Waals surface area contributed by atoms with E-state index >= 15 is 0 Å². The van der Waals surface area contributed by atoms with Crippen LogP contribution in [0, 0.1) is 5.92 Å². The van der Waals surface area contributed by atoms with Crippen molar-refractivity contribution in [2.45, 2.75) is 64.3 Å². The van der Waals surface area contributed by atoms with Crippen molar-refractivity contribution in [3.63, 3.8) is 0 Å². The molecule has 1 amide bonds. The summed E-state index contributed by atoms with van der Waals surface area (Å²) < 4.78 is 11.2. The fraction of sp³-hybridized carbons (Fsp3) is 0.875. The highest BCUT2D eigenvalue weighted by molar-refractivity contribution is 5.82. The molecule has 22 heavy (non-hydrogen) atoms. The van der Waals surface area contributed by atoms with Gasteiger partial charge in [0.05, 0.1) is 19.3 Å². The summed E-state index contributed by atoms with van der Waals surface area (Å²) in [7, 11) is 0. The van der Waals surface area contributed by atoms with Gasteiger partial charge in [-0.2, -0.15) is 0 Å². The number of hydrogen-bond donors (Lipinski definition) is 1. The van der Waals surface area contributed by atoms with E-state index in [0.717, 1.165) is 19.3 Å². The molecule has 0 aromatic heterocycles. The molecular formula is C16H27NO5. The zero-order valence-electron chi connectivity index (χ0n) is 13.5. The second-order valence-electron chi connectivity index (χ2n) is 6.41. The van der Waals surface area contributed by atoms with Gasteiger partial charge in [-0.1, -0.05) is 26.7 Å². The molecule has 1 aliphatic heterocycles. The average Bonchev–Trinajstić information content (AvgIpc) is 2.52. The predicted molar refractivity (Wildman–Crippen MR) is 80.5 cm³/mol. The van der Waals surface area contributed by atoms with Crippen LogP contribution in [-0.4, -0.2) is 59.9 Å². The highest BCUT2D eigenvalue weighted by Gasteiger charge is 2.33. The van der Waals surface area contributed by atoms with Crippen LogP contribution < -0.4 is 0 Å². The summed E-state index contributed by atoms with van der Waals surface area (Å²) >= 11 is 0. The molecule has 126 valence electrons. The van der Waals surface area contributed by atoms with Crippen LogP contribution in [0.4, 0.5) is 0 Å². The van der Waals surface area contributed by atoms with Gasteiger partial charge < -0.3 is 19.5 Å². The largest absolute Gasteiger partial charge is 0.479 e. The number of ether oxygens (including phenoxy) is 2. The van der Waals surface area contributed by atoms with E-state index < -0.39 is 18.2 Å². The van der Waals surface area contributed by atoms with E-state index in [1.54, 1.807) is 4.90 Å². The molecule has 2 fully saturated rings. The fourth-order valence-electron chi connectivity index (χ4n) is 3.27. The zero-order valence-corrected chi connectivity index (χ0v) is 13.5. The summed E-state index contributed by atoms with van der Waals surface area (Å²) in [5.41, 5.74) is 0. The van der Waals surface area contributed by atoms with Crippen molar-refractivity contribution in [2.24, 2.45) is 5.92 Å². The van der Waals surface area contributed by atoms with Crippen LogP contribution in [0.25, 0.3) is 0 Å². The van der Waals surface area contributed by atoms with Crippen molar-refractivity contribution in [1.29, 1.82) is 0 Å². The number of carbonyl (C=O) groups excluding carboxylic acids is 1. The Morgan fingerprint density at radius 1 is 1.41 bits per heavy atom. The van der Waals surface area contributed by atoms with Crippen molar-refractivity contribution >= 4 is 11.9 Å². The lowest BCUT2D eigenvalue weighted by molar-refractivity contribution is -0.166. The first kappa shape index (κ1) is 17.2. The SMILES string of the molecule is CCC(OC1CCCC(C)C1)C(=O)N1CCOC(C(=O)O)C1. The van der Waals surface area contributed by atoms with Crippen LogP contribution in [0.15, 0.2) is 0 Å². The molecule has 1 saturated carbocycles. The Morgan fingerprint density at radius 2 is 2.18 bits per heavy atom. The lowest BCUT2D eigenvalue weighted by Crippen LogP contribution is -2.52. The lowest BCUT2D eigenvalue weighted by Gasteiger charge is -2.35. The third-order valence-electron chi connectivity index (χ3n) is 4.54. The van der Waals surface area contributed by atoms with E-state index in [0.29, 0.717) is 18.9 Å². The van der Waals surface area contributed by atoms with Gasteiger partial charge in [0.25, 0.3) is 5.91 Å².